The number of benzene rings is 1. The number of hydrogen-bond donors (Lipinski definition) is 0. The number of ether oxygens (including phenoxy) is 1. The number of aromatic nitrogens is 2. The maximum Gasteiger partial charge on any atom is 0.366 e. The summed E-state index contributed by atoms with van der Waals surface area (Å²) in [5, 5.41) is 4.48. The lowest BCUT2D eigenvalue weighted by molar-refractivity contribution is -0.137. The molecule has 1 heterocycles. The summed E-state index contributed by atoms with van der Waals surface area (Å²) in [7, 11) is 1.05. The van der Waals surface area contributed by atoms with Crippen molar-refractivity contribution < 1.29 is 18.3 Å². The van der Waals surface area contributed by atoms with Crippen molar-refractivity contribution in [3.8, 4) is 0 Å². The molecular formula is C11H7F2IN2O2. The lowest BCUT2D eigenvalue weighted by Crippen LogP contribution is -2.00. The molecule has 0 bridgehead atoms. The average Bonchev–Trinajstić information content (AvgIpc) is 2.74. The molecular weight excluding hydrogens is 357 g/mol. The number of carbonyl (C=O) groups is 1. The Morgan fingerprint density at radius 3 is 2.94 bits per heavy atom. The van der Waals surface area contributed by atoms with Crippen molar-refractivity contribution in [2.45, 2.75) is 0 Å². The van der Waals surface area contributed by atoms with Gasteiger partial charge in [-0.1, -0.05) is 12.1 Å². The Morgan fingerprint density at radius 2 is 2.28 bits per heavy atom. The summed E-state index contributed by atoms with van der Waals surface area (Å²) in [6.07, 6.45) is 2.29. The minimum absolute atomic E-state index is 0.0381. The molecule has 0 spiro atoms. The van der Waals surface area contributed by atoms with Crippen LogP contribution in [-0.4, -0.2) is 21.1 Å². The largest absolute Gasteiger partial charge is 0.464 e. The second kappa shape index (κ2) is 5.01. The highest BCUT2D eigenvalue weighted by molar-refractivity contribution is 14.1. The Balaban J connectivity index is 2.56. The van der Waals surface area contributed by atoms with Gasteiger partial charge in [-0.15, -0.1) is 0 Å². The highest BCUT2D eigenvalue weighted by atomic mass is 127. The zero-order valence-electron chi connectivity index (χ0n) is 9.15. The van der Waals surface area contributed by atoms with E-state index in [9.17, 15) is 13.6 Å². The lowest BCUT2D eigenvalue weighted by atomic mass is 10.1. The summed E-state index contributed by atoms with van der Waals surface area (Å²) in [6, 6.07) is 2.97. The van der Waals surface area contributed by atoms with Gasteiger partial charge in [-0.05, 0) is 6.08 Å². The van der Waals surface area contributed by atoms with Gasteiger partial charge in [0, 0.05) is 10.9 Å². The van der Waals surface area contributed by atoms with E-state index < -0.39 is 17.6 Å². The summed E-state index contributed by atoms with van der Waals surface area (Å²) in [5.41, 5.74) is 0.200. The fourth-order valence-corrected chi connectivity index (χ4v) is 2.08. The molecule has 0 amide bonds. The fraction of sp³-hybridized carbons (Fsp3) is 0.0909. The van der Waals surface area contributed by atoms with E-state index in [1.807, 2.05) is 22.9 Å². The van der Waals surface area contributed by atoms with Gasteiger partial charge in [0.05, 0.1) is 36.2 Å². The van der Waals surface area contributed by atoms with Crippen LogP contribution in [0.15, 0.2) is 24.2 Å². The number of rotatable bonds is 2. The van der Waals surface area contributed by atoms with Gasteiger partial charge in [0.25, 0.3) is 0 Å². The van der Waals surface area contributed by atoms with Gasteiger partial charge in [-0.2, -0.15) is 9.49 Å². The Labute approximate surface area is 115 Å². The average molecular weight is 364 g/mol. The van der Waals surface area contributed by atoms with Gasteiger partial charge in [0.2, 0.25) is 5.83 Å². The normalized spacial score (nSPS) is 11.9. The molecule has 0 atom stereocenters. The molecule has 0 saturated carbocycles. The number of fused-ring (bicyclic) bond motifs is 1. The molecule has 0 radical (unpaired) electrons. The molecule has 0 aliphatic heterocycles. The van der Waals surface area contributed by atoms with Gasteiger partial charge in [0.1, 0.15) is 5.52 Å². The summed E-state index contributed by atoms with van der Waals surface area (Å²) in [5.74, 6) is -2.94. The summed E-state index contributed by atoms with van der Waals surface area (Å²) in [4.78, 5) is 10.9. The van der Waals surface area contributed by atoms with E-state index in [2.05, 4.69) is 9.84 Å². The Morgan fingerprint density at radius 1 is 1.56 bits per heavy atom. The first kappa shape index (κ1) is 12.9. The standard InChI is InChI=1S/C11H7F2IN2O2/c1-18-11(17)8(12)4-6-2-3-7-5-15-16(14)10(7)9(6)13/h2-5H,1H3/b8-4-. The highest BCUT2D eigenvalue weighted by Gasteiger charge is 2.14. The van der Waals surface area contributed by atoms with Gasteiger partial charge < -0.3 is 4.74 Å². The molecule has 0 unspecified atom stereocenters. The summed E-state index contributed by atoms with van der Waals surface area (Å²) in [6.45, 7) is 0. The Bertz CT molecular complexity index is 652. The van der Waals surface area contributed by atoms with E-state index in [0.29, 0.717) is 5.39 Å². The van der Waals surface area contributed by atoms with Gasteiger partial charge >= 0.3 is 5.97 Å². The number of halogens is 3. The minimum Gasteiger partial charge on any atom is -0.464 e. The number of nitrogens with zero attached hydrogens (tertiary/aromatic N) is 2. The van der Waals surface area contributed by atoms with E-state index in [0.717, 1.165) is 13.2 Å². The maximum absolute atomic E-state index is 14.1. The van der Waals surface area contributed by atoms with Gasteiger partial charge in [-0.25, -0.2) is 12.1 Å². The molecule has 2 rings (SSSR count). The maximum atomic E-state index is 14.1. The van der Waals surface area contributed by atoms with Crippen LogP contribution in [0.5, 0.6) is 0 Å². The van der Waals surface area contributed by atoms with Crippen LogP contribution in [0.1, 0.15) is 5.56 Å². The second-order valence-corrected chi connectivity index (χ2v) is 4.31. The summed E-state index contributed by atoms with van der Waals surface area (Å²) >= 11 is 1.81. The first-order valence-corrected chi connectivity index (χ1v) is 5.79. The number of esters is 1. The number of hydrogen-bond acceptors (Lipinski definition) is 3. The molecule has 18 heavy (non-hydrogen) atoms. The van der Waals surface area contributed by atoms with E-state index in [1.54, 1.807) is 6.07 Å². The van der Waals surface area contributed by atoms with Crippen molar-refractivity contribution in [3.05, 3.63) is 35.5 Å². The smallest absolute Gasteiger partial charge is 0.366 e. The van der Waals surface area contributed by atoms with Gasteiger partial charge in [0.15, 0.2) is 5.82 Å². The van der Waals surface area contributed by atoms with Crippen LogP contribution < -0.4 is 0 Å². The number of methoxy groups -OCH3 is 1. The Kier molecular flexibility index (Phi) is 3.60. The topological polar surface area (TPSA) is 44.1 Å². The van der Waals surface area contributed by atoms with Gasteiger partial charge in [-0.3, -0.25) is 0 Å². The van der Waals surface area contributed by atoms with Crippen LogP contribution >= 0.6 is 22.9 Å². The quantitative estimate of drug-likeness (QED) is 0.468. The predicted molar refractivity (Wildman–Crippen MR) is 70.2 cm³/mol. The molecule has 2 aromatic rings. The van der Waals surface area contributed by atoms with Crippen LogP contribution in [-0.2, 0) is 9.53 Å². The molecule has 1 aromatic heterocycles. The molecule has 94 valence electrons. The molecule has 4 nitrogen and oxygen atoms in total. The number of carbonyl (C=O) groups excluding carboxylic acids is 1. The summed E-state index contributed by atoms with van der Waals surface area (Å²) < 4.78 is 32.9. The zero-order valence-corrected chi connectivity index (χ0v) is 11.3. The Hall–Kier alpha value is -1.51. The third-order valence-corrected chi connectivity index (χ3v) is 3.05. The first-order valence-electron chi connectivity index (χ1n) is 4.82. The predicted octanol–water partition coefficient (Wildman–Crippen LogP) is 2.86. The molecule has 1 aromatic carbocycles. The van der Waals surface area contributed by atoms with Crippen molar-refractivity contribution >= 4 is 45.8 Å². The van der Waals surface area contributed by atoms with Crippen molar-refractivity contribution in [2.24, 2.45) is 0 Å². The molecule has 0 saturated heterocycles. The van der Waals surface area contributed by atoms with Crippen molar-refractivity contribution in [1.82, 2.24) is 7.99 Å². The molecule has 0 aliphatic rings. The van der Waals surface area contributed by atoms with E-state index in [4.69, 9.17) is 0 Å². The van der Waals surface area contributed by atoms with E-state index in [-0.39, 0.29) is 11.1 Å². The highest BCUT2D eigenvalue weighted by Crippen LogP contribution is 2.24. The molecule has 0 aliphatic carbocycles. The van der Waals surface area contributed by atoms with Crippen LogP contribution in [0.3, 0.4) is 0 Å². The SMILES string of the molecule is COC(=O)/C(F)=C/c1ccc2cnn(I)c2c1F. The van der Waals surface area contributed by atoms with E-state index >= 15 is 0 Å². The zero-order chi connectivity index (χ0) is 13.3. The van der Waals surface area contributed by atoms with Crippen LogP contribution in [0, 0.1) is 5.82 Å². The lowest BCUT2D eigenvalue weighted by Gasteiger charge is -2.00. The van der Waals surface area contributed by atoms with Crippen LogP contribution in [0.25, 0.3) is 17.0 Å². The molecule has 7 heteroatoms. The minimum atomic E-state index is -1.16. The van der Waals surface area contributed by atoms with Crippen LogP contribution in [0.4, 0.5) is 8.78 Å². The van der Waals surface area contributed by atoms with E-state index in [1.165, 1.54) is 15.2 Å². The molecule has 0 fully saturated rings. The fourth-order valence-electron chi connectivity index (χ4n) is 1.46. The van der Waals surface area contributed by atoms with Crippen molar-refractivity contribution in [2.75, 3.05) is 7.11 Å². The first-order chi connectivity index (χ1) is 8.54. The van der Waals surface area contributed by atoms with Crippen LogP contribution in [0.2, 0.25) is 0 Å². The third-order valence-electron chi connectivity index (χ3n) is 2.32. The molecule has 0 N–H and O–H groups in total. The van der Waals surface area contributed by atoms with Crippen molar-refractivity contribution in [3.63, 3.8) is 0 Å². The third kappa shape index (κ3) is 2.22. The van der Waals surface area contributed by atoms with Crippen molar-refractivity contribution in [1.29, 1.82) is 0 Å². The monoisotopic (exact) mass is 364 g/mol. The second-order valence-electron chi connectivity index (χ2n) is 3.40.